The Morgan fingerprint density at radius 2 is 1.71 bits per heavy atom. The van der Waals surface area contributed by atoms with Gasteiger partial charge in [-0.15, -0.1) is 0 Å². The summed E-state index contributed by atoms with van der Waals surface area (Å²) in [6, 6.07) is 7.12. The number of carbonyl (C=O) groups is 3. The van der Waals surface area contributed by atoms with Crippen LogP contribution in [-0.2, 0) is 23.8 Å². The van der Waals surface area contributed by atoms with Gasteiger partial charge in [0.1, 0.15) is 5.60 Å². The zero-order chi connectivity index (χ0) is 20.9. The van der Waals surface area contributed by atoms with Crippen LogP contribution >= 0.6 is 0 Å². The number of carbonyl (C=O) groups excluding carboxylic acids is 3. The van der Waals surface area contributed by atoms with E-state index in [4.69, 9.17) is 9.47 Å². The summed E-state index contributed by atoms with van der Waals surface area (Å²) in [4.78, 5) is 36.3. The van der Waals surface area contributed by atoms with Crippen LogP contribution < -0.4 is 0 Å². The van der Waals surface area contributed by atoms with Crippen molar-refractivity contribution >= 4 is 34.5 Å². The molecule has 148 valence electrons. The zero-order valence-electron chi connectivity index (χ0n) is 16.5. The van der Waals surface area contributed by atoms with Gasteiger partial charge in [0.2, 0.25) is 0 Å². The van der Waals surface area contributed by atoms with Crippen molar-refractivity contribution in [3.05, 3.63) is 54.3 Å². The number of para-hydroxylation sites is 1. The molecule has 0 spiro atoms. The van der Waals surface area contributed by atoms with Gasteiger partial charge in [0.05, 0.1) is 25.3 Å². The van der Waals surface area contributed by atoms with E-state index in [1.54, 1.807) is 45.0 Å². The first-order chi connectivity index (χ1) is 13.2. The van der Waals surface area contributed by atoms with Crippen molar-refractivity contribution in [2.45, 2.75) is 26.4 Å². The molecule has 0 unspecified atom stereocenters. The molecule has 0 aliphatic heterocycles. The van der Waals surface area contributed by atoms with Crippen molar-refractivity contribution in [2.75, 3.05) is 14.2 Å². The number of nitrogens with zero attached hydrogens (tertiary/aromatic N) is 1. The first-order valence-corrected chi connectivity index (χ1v) is 8.56. The molecule has 1 heterocycles. The molecule has 0 fully saturated rings. The normalized spacial score (nSPS) is 12.2. The fraction of sp³-hybridized carbons (Fsp3) is 0.286. The topological polar surface area (TPSA) is 83.8 Å². The minimum Gasteiger partial charge on any atom is -0.466 e. The molecule has 0 N–H and O–H groups in total. The van der Waals surface area contributed by atoms with Crippen LogP contribution in [0.5, 0.6) is 0 Å². The summed E-state index contributed by atoms with van der Waals surface area (Å²) in [6.45, 7) is 5.32. The molecule has 0 radical (unpaired) electrons. The maximum atomic E-state index is 12.6. The molecule has 0 bridgehead atoms. The quantitative estimate of drug-likeness (QED) is 0.345. The number of benzene rings is 1. The van der Waals surface area contributed by atoms with Gasteiger partial charge < -0.3 is 14.2 Å². The number of hydrogen-bond acceptors (Lipinski definition) is 6. The van der Waals surface area contributed by atoms with Gasteiger partial charge in [0, 0.05) is 23.2 Å². The Morgan fingerprint density at radius 3 is 2.32 bits per heavy atom. The van der Waals surface area contributed by atoms with E-state index < -0.39 is 23.6 Å². The Hall–Kier alpha value is -3.35. The molecule has 1 aromatic heterocycles. The van der Waals surface area contributed by atoms with Crippen LogP contribution in [0.25, 0.3) is 16.5 Å². The van der Waals surface area contributed by atoms with Crippen LogP contribution in [0.4, 0.5) is 4.79 Å². The Bertz CT molecular complexity index is 959. The van der Waals surface area contributed by atoms with Crippen LogP contribution in [0.3, 0.4) is 0 Å². The third-order valence-corrected chi connectivity index (χ3v) is 3.69. The average Bonchev–Trinajstić information content (AvgIpc) is 3.02. The van der Waals surface area contributed by atoms with E-state index in [0.717, 1.165) is 0 Å². The molecule has 7 nitrogen and oxygen atoms in total. The predicted octanol–water partition coefficient (Wildman–Crippen LogP) is 3.71. The van der Waals surface area contributed by atoms with Gasteiger partial charge in [-0.2, -0.15) is 0 Å². The molecular formula is C21H23NO6. The van der Waals surface area contributed by atoms with Gasteiger partial charge in [0.15, 0.2) is 0 Å². The second-order valence-electron chi connectivity index (χ2n) is 6.86. The van der Waals surface area contributed by atoms with Crippen LogP contribution in [0.1, 0.15) is 26.3 Å². The first-order valence-electron chi connectivity index (χ1n) is 8.56. The lowest BCUT2D eigenvalue weighted by Gasteiger charge is -2.19. The lowest BCUT2D eigenvalue weighted by atomic mass is 10.0. The van der Waals surface area contributed by atoms with E-state index in [-0.39, 0.29) is 5.57 Å². The number of methoxy groups -OCH3 is 2. The molecule has 2 rings (SSSR count). The molecule has 7 heteroatoms. The number of fused-ring (bicyclic) bond motifs is 1. The average molecular weight is 385 g/mol. The number of aromatic nitrogens is 1. The van der Waals surface area contributed by atoms with Gasteiger partial charge in [-0.3, -0.25) is 4.57 Å². The highest BCUT2D eigenvalue weighted by Gasteiger charge is 2.23. The molecule has 0 atom stereocenters. The van der Waals surface area contributed by atoms with Crippen LogP contribution in [0, 0.1) is 0 Å². The van der Waals surface area contributed by atoms with E-state index in [2.05, 4.69) is 4.74 Å². The second-order valence-corrected chi connectivity index (χ2v) is 6.86. The third kappa shape index (κ3) is 4.88. The van der Waals surface area contributed by atoms with Crippen molar-refractivity contribution < 1.29 is 28.6 Å². The second kappa shape index (κ2) is 8.56. The third-order valence-electron chi connectivity index (χ3n) is 3.69. The fourth-order valence-electron chi connectivity index (χ4n) is 2.53. The van der Waals surface area contributed by atoms with E-state index in [1.165, 1.54) is 43.2 Å². The highest BCUT2D eigenvalue weighted by molar-refractivity contribution is 6.21. The van der Waals surface area contributed by atoms with E-state index in [0.29, 0.717) is 16.5 Å². The summed E-state index contributed by atoms with van der Waals surface area (Å²) in [6.07, 6.45) is 4.95. The minimum atomic E-state index is -0.674. The molecule has 0 aliphatic rings. The number of allylic oxidation sites excluding steroid dienone is 2. The SMILES string of the molecule is COC(=O)C=CC=C(C(=O)OC)c1cn(C(=O)OC(C)(C)C)c2ccccc12. The largest absolute Gasteiger partial charge is 0.466 e. The lowest BCUT2D eigenvalue weighted by Crippen LogP contribution is -2.26. The number of rotatable bonds is 4. The summed E-state index contributed by atoms with van der Waals surface area (Å²) in [7, 11) is 2.51. The van der Waals surface area contributed by atoms with Gasteiger partial charge in [0.25, 0.3) is 0 Å². The van der Waals surface area contributed by atoms with Crippen molar-refractivity contribution in [3.8, 4) is 0 Å². The van der Waals surface area contributed by atoms with Gasteiger partial charge >= 0.3 is 18.0 Å². The van der Waals surface area contributed by atoms with Crippen molar-refractivity contribution in [1.29, 1.82) is 0 Å². The summed E-state index contributed by atoms with van der Waals surface area (Å²) >= 11 is 0. The smallest absolute Gasteiger partial charge is 0.419 e. The number of ether oxygens (including phenoxy) is 3. The van der Waals surface area contributed by atoms with Gasteiger partial charge in [-0.25, -0.2) is 14.4 Å². The molecule has 1 aromatic carbocycles. The Kier molecular flexibility index (Phi) is 6.41. The number of hydrogen-bond donors (Lipinski definition) is 0. The highest BCUT2D eigenvalue weighted by atomic mass is 16.6. The molecular weight excluding hydrogens is 362 g/mol. The summed E-state index contributed by atoms with van der Waals surface area (Å²) < 4.78 is 16.2. The first kappa shape index (κ1) is 21.0. The molecule has 0 aliphatic carbocycles. The van der Waals surface area contributed by atoms with E-state index in [1.807, 2.05) is 0 Å². The van der Waals surface area contributed by atoms with Crippen molar-refractivity contribution in [2.24, 2.45) is 0 Å². The van der Waals surface area contributed by atoms with Gasteiger partial charge in [-0.1, -0.05) is 24.3 Å². The summed E-state index contributed by atoms with van der Waals surface area (Å²) in [5, 5.41) is 0.663. The molecule has 0 saturated carbocycles. The minimum absolute atomic E-state index is 0.182. The van der Waals surface area contributed by atoms with Crippen molar-refractivity contribution in [3.63, 3.8) is 0 Å². The summed E-state index contributed by atoms with van der Waals surface area (Å²) in [5.41, 5.74) is 0.565. The standard InChI is InChI=1S/C21H23NO6/c1-21(2,3)28-20(25)22-13-16(14-9-6-7-11-17(14)22)15(19(24)27-5)10-8-12-18(23)26-4/h6-13H,1-5H3. The van der Waals surface area contributed by atoms with Crippen LogP contribution in [-0.4, -0.2) is 42.4 Å². The van der Waals surface area contributed by atoms with Crippen LogP contribution in [0.15, 0.2) is 48.7 Å². The van der Waals surface area contributed by atoms with Crippen LogP contribution in [0.2, 0.25) is 0 Å². The predicted molar refractivity (Wildman–Crippen MR) is 105 cm³/mol. The van der Waals surface area contributed by atoms with E-state index >= 15 is 0 Å². The highest BCUT2D eigenvalue weighted by Crippen LogP contribution is 2.29. The van der Waals surface area contributed by atoms with Gasteiger partial charge in [-0.05, 0) is 32.9 Å². The van der Waals surface area contributed by atoms with E-state index in [9.17, 15) is 14.4 Å². The molecule has 0 amide bonds. The molecule has 28 heavy (non-hydrogen) atoms. The maximum absolute atomic E-state index is 12.6. The zero-order valence-corrected chi connectivity index (χ0v) is 16.5. The number of esters is 2. The van der Waals surface area contributed by atoms with Crippen molar-refractivity contribution in [1.82, 2.24) is 4.57 Å². The summed E-state index contributed by atoms with van der Waals surface area (Å²) in [5.74, 6) is -1.17. The Balaban J connectivity index is 2.61. The maximum Gasteiger partial charge on any atom is 0.419 e. The Labute approximate surface area is 163 Å². The monoisotopic (exact) mass is 385 g/mol. The fourth-order valence-corrected chi connectivity index (χ4v) is 2.53. The lowest BCUT2D eigenvalue weighted by molar-refractivity contribution is -0.135. The Morgan fingerprint density at radius 1 is 1.04 bits per heavy atom. The molecule has 0 saturated heterocycles. The molecule has 2 aromatic rings.